The smallest absolute Gasteiger partial charge is 0.142 e. The van der Waals surface area contributed by atoms with Crippen LogP contribution >= 0.6 is 11.6 Å². The van der Waals surface area contributed by atoms with Crippen molar-refractivity contribution in [3.8, 4) is 17.2 Å². The molecule has 112 valence electrons. The Kier molecular flexibility index (Phi) is 5.04. The summed E-state index contributed by atoms with van der Waals surface area (Å²) in [6, 6.07) is 8.33. The van der Waals surface area contributed by atoms with Gasteiger partial charge in [0.25, 0.3) is 0 Å². The average Bonchev–Trinajstić information content (AvgIpc) is 2.46. The molecule has 2 rings (SSSR count). The molecule has 2 aromatic carbocycles. The number of hydrogen-bond acceptors (Lipinski definition) is 3. The van der Waals surface area contributed by atoms with Gasteiger partial charge in [-0.2, -0.15) is 0 Å². The molecule has 21 heavy (non-hydrogen) atoms. The van der Waals surface area contributed by atoms with E-state index in [0.717, 1.165) is 11.3 Å². The summed E-state index contributed by atoms with van der Waals surface area (Å²) in [5.41, 5.74) is 7.10. The maximum Gasteiger partial charge on any atom is 0.142 e. The summed E-state index contributed by atoms with van der Waals surface area (Å²) < 4.78 is 24.7. The van der Waals surface area contributed by atoms with Gasteiger partial charge in [0, 0.05) is 11.6 Å². The van der Waals surface area contributed by atoms with Crippen LogP contribution in [0.2, 0.25) is 5.02 Å². The van der Waals surface area contributed by atoms with Crippen LogP contribution < -0.4 is 15.2 Å². The number of methoxy groups -OCH3 is 1. The Morgan fingerprint density at radius 1 is 1.19 bits per heavy atom. The highest BCUT2D eigenvalue weighted by atomic mass is 35.5. The van der Waals surface area contributed by atoms with Crippen molar-refractivity contribution in [2.24, 2.45) is 5.73 Å². The predicted octanol–water partition coefficient (Wildman–Crippen LogP) is 4.09. The largest absolute Gasteiger partial charge is 0.496 e. The summed E-state index contributed by atoms with van der Waals surface area (Å²) in [5, 5.41) is 0.0197. The monoisotopic (exact) mass is 309 g/mol. The molecule has 0 aromatic heterocycles. The Labute approximate surface area is 128 Å². The molecule has 0 fully saturated rings. The lowest BCUT2D eigenvalue weighted by Crippen LogP contribution is -2.05. The maximum absolute atomic E-state index is 13.6. The van der Waals surface area contributed by atoms with Crippen LogP contribution in [-0.2, 0) is 6.42 Å². The molecule has 5 heteroatoms. The molecule has 0 amide bonds. The van der Waals surface area contributed by atoms with E-state index in [2.05, 4.69) is 0 Å². The van der Waals surface area contributed by atoms with E-state index >= 15 is 0 Å². The van der Waals surface area contributed by atoms with Crippen LogP contribution in [0.15, 0.2) is 30.3 Å². The van der Waals surface area contributed by atoms with Gasteiger partial charge in [0.2, 0.25) is 0 Å². The second-order valence-electron chi connectivity index (χ2n) is 4.60. The van der Waals surface area contributed by atoms with Gasteiger partial charge in [-0.25, -0.2) is 4.39 Å². The summed E-state index contributed by atoms with van der Waals surface area (Å²) in [5.74, 6) is 1.38. The first-order valence-corrected chi connectivity index (χ1v) is 6.94. The second kappa shape index (κ2) is 6.78. The van der Waals surface area contributed by atoms with Gasteiger partial charge < -0.3 is 15.2 Å². The molecule has 0 heterocycles. The van der Waals surface area contributed by atoms with E-state index in [-0.39, 0.29) is 5.02 Å². The molecular formula is C16H17ClFNO2. The minimum atomic E-state index is -0.477. The molecule has 0 radical (unpaired) electrons. The Hall–Kier alpha value is -1.78. The molecule has 2 aromatic rings. The van der Waals surface area contributed by atoms with Gasteiger partial charge in [0.15, 0.2) is 0 Å². The van der Waals surface area contributed by atoms with E-state index in [9.17, 15) is 4.39 Å². The van der Waals surface area contributed by atoms with Crippen LogP contribution in [0.25, 0.3) is 0 Å². The zero-order valence-electron chi connectivity index (χ0n) is 12.0. The maximum atomic E-state index is 13.6. The van der Waals surface area contributed by atoms with Crippen molar-refractivity contribution >= 4 is 11.6 Å². The van der Waals surface area contributed by atoms with E-state index < -0.39 is 5.82 Å². The van der Waals surface area contributed by atoms with Crippen molar-refractivity contribution in [2.75, 3.05) is 13.7 Å². The number of nitrogens with two attached hydrogens (primary N) is 1. The van der Waals surface area contributed by atoms with Gasteiger partial charge in [-0.3, -0.25) is 0 Å². The standard InChI is InChI=1S/C16H17ClFNO2/c1-10-14(20-2)4-3-5-15(10)21-16-9-12(17)13(18)8-11(16)6-7-19/h3-5,8-9H,6-7,19H2,1-2H3. The first-order valence-electron chi connectivity index (χ1n) is 6.56. The molecule has 0 unspecified atom stereocenters. The topological polar surface area (TPSA) is 44.5 Å². The summed E-state index contributed by atoms with van der Waals surface area (Å²) in [6.07, 6.45) is 0.506. The van der Waals surface area contributed by atoms with Crippen molar-refractivity contribution in [2.45, 2.75) is 13.3 Å². The zero-order chi connectivity index (χ0) is 15.4. The van der Waals surface area contributed by atoms with E-state index in [1.54, 1.807) is 7.11 Å². The lowest BCUT2D eigenvalue weighted by atomic mass is 10.1. The van der Waals surface area contributed by atoms with Crippen LogP contribution in [-0.4, -0.2) is 13.7 Å². The molecule has 0 aliphatic carbocycles. The fraction of sp³-hybridized carbons (Fsp3) is 0.250. The Bertz CT molecular complexity index is 646. The second-order valence-corrected chi connectivity index (χ2v) is 5.01. The lowest BCUT2D eigenvalue weighted by molar-refractivity contribution is 0.404. The molecule has 0 spiro atoms. The number of rotatable bonds is 5. The average molecular weight is 310 g/mol. The SMILES string of the molecule is COc1cccc(Oc2cc(Cl)c(F)cc2CCN)c1C. The van der Waals surface area contributed by atoms with Crippen molar-refractivity contribution in [1.82, 2.24) is 0 Å². The zero-order valence-corrected chi connectivity index (χ0v) is 12.7. The molecule has 2 N–H and O–H groups in total. The first kappa shape index (κ1) is 15.6. The highest BCUT2D eigenvalue weighted by molar-refractivity contribution is 6.30. The fourth-order valence-electron chi connectivity index (χ4n) is 2.06. The van der Waals surface area contributed by atoms with Gasteiger partial charge >= 0.3 is 0 Å². The van der Waals surface area contributed by atoms with Crippen LogP contribution in [0.5, 0.6) is 17.2 Å². The molecule has 0 atom stereocenters. The molecule has 0 aliphatic rings. The van der Waals surface area contributed by atoms with Crippen molar-refractivity contribution < 1.29 is 13.9 Å². The summed E-state index contributed by atoms with van der Waals surface area (Å²) in [7, 11) is 1.60. The fourth-order valence-corrected chi connectivity index (χ4v) is 2.21. The van der Waals surface area contributed by atoms with Gasteiger partial charge in [-0.05, 0) is 43.7 Å². The lowest BCUT2D eigenvalue weighted by Gasteiger charge is -2.15. The molecule has 3 nitrogen and oxygen atoms in total. The van der Waals surface area contributed by atoms with E-state index in [4.69, 9.17) is 26.8 Å². The van der Waals surface area contributed by atoms with Crippen LogP contribution in [0, 0.1) is 12.7 Å². The first-order chi connectivity index (χ1) is 10.1. The van der Waals surface area contributed by atoms with Crippen molar-refractivity contribution in [3.63, 3.8) is 0 Å². The van der Waals surface area contributed by atoms with E-state index in [1.807, 2.05) is 25.1 Å². The number of benzene rings is 2. The summed E-state index contributed by atoms with van der Waals surface area (Å²) >= 11 is 5.84. The quantitative estimate of drug-likeness (QED) is 0.904. The molecule has 0 aliphatic heterocycles. The van der Waals surface area contributed by atoms with Crippen LogP contribution in [0.1, 0.15) is 11.1 Å². The van der Waals surface area contributed by atoms with Gasteiger partial charge in [0.05, 0.1) is 12.1 Å². The third-order valence-electron chi connectivity index (χ3n) is 3.19. The van der Waals surface area contributed by atoms with E-state index in [0.29, 0.717) is 30.0 Å². The summed E-state index contributed by atoms with van der Waals surface area (Å²) in [4.78, 5) is 0. The molecular weight excluding hydrogens is 293 g/mol. The summed E-state index contributed by atoms with van der Waals surface area (Å²) in [6.45, 7) is 2.29. The van der Waals surface area contributed by atoms with Gasteiger partial charge in [0.1, 0.15) is 23.1 Å². The van der Waals surface area contributed by atoms with E-state index in [1.165, 1.54) is 12.1 Å². The minimum Gasteiger partial charge on any atom is -0.496 e. The van der Waals surface area contributed by atoms with Crippen molar-refractivity contribution in [1.29, 1.82) is 0 Å². The minimum absolute atomic E-state index is 0.0197. The van der Waals surface area contributed by atoms with Crippen molar-refractivity contribution in [3.05, 3.63) is 52.3 Å². The molecule has 0 bridgehead atoms. The predicted molar refractivity (Wildman–Crippen MR) is 82.0 cm³/mol. The van der Waals surface area contributed by atoms with Crippen LogP contribution in [0.4, 0.5) is 4.39 Å². The third kappa shape index (κ3) is 3.46. The third-order valence-corrected chi connectivity index (χ3v) is 3.48. The Morgan fingerprint density at radius 2 is 1.90 bits per heavy atom. The molecule has 0 saturated heterocycles. The van der Waals surface area contributed by atoms with Gasteiger partial charge in [-0.15, -0.1) is 0 Å². The highest BCUT2D eigenvalue weighted by Crippen LogP contribution is 2.34. The van der Waals surface area contributed by atoms with Gasteiger partial charge in [-0.1, -0.05) is 17.7 Å². The highest BCUT2D eigenvalue weighted by Gasteiger charge is 2.13. The molecule has 0 saturated carbocycles. The Morgan fingerprint density at radius 3 is 2.57 bits per heavy atom. The van der Waals surface area contributed by atoms with Crippen LogP contribution in [0.3, 0.4) is 0 Å². The number of halogens is 2. The Balaban J connectivity index is 2.41. The number of hydrogen-bond donors (Lipinski definition) is 1. The number of ether oxygens (including phenoxy) is 2. The normalized spacial score (nSPS) is 10.5.